The lowest BCUT2D eigenvalue weighted by Gasteiger charge is -1.88. The van der Waals surface area contributed by atoms with Crippen LogP contribution in [-0.2, 0) is 9.53 Å². The van der Waals surface area contributed by atoms with E-state index >= 15 is 0 Å². The number of carbonyl (C=O) groups excluding carboxylic acids is 1. The molecule has 1 aliphatic heterocycles. The van der Waals surface area contributed by atoms with Gasteiger partial charge in [0.15, 0.2) is 0 Å². The molecule has 2 heteroatoms. The first kappa shape index (κ1) is 4.62. The van der Waals surface area contributed by atoms with Gasteiger partial charge in [-0.05, 0) is 6.42 Å². The lowest BCUT2D eigenvalue weighted by atomic mass is 10.2. The molecule has 0 unspecified atom stereocenters. The van der Waals surface area contributed by atoms with Crippen LogP contribution in [0.2, 0.25) is 0 Å². The fourth-order valence-corrected chi connectivity index (χ4v) is 0.596. The summed E-state index contributed by atoms with van der Waals surface area (Å²) in [6, 6.07) is 0. The minimum Gasteiger partial charge on any atom is -0.465 e. The minimum atomic E-state index is -0.0417. The van der Waals surface area contributed by atoms with E-state index < -0.39 is 0 Å². The second-order valence-electron chi connectivity index (χ2n) is 1.86. The molecular weight excluding hydrogens is 92.1 g/mol. The molecule has 0 aromatic carbocycles. The summed E-state index contributed by atoms with van der Waals surface area (Å²) < 4.78 is 4.63. The number of cyclic esters (lactones) is 1. The highest BCUT2D eigenvalue weighted by Crippen LogP contribution is 2.11. The SMILES string of the molecule is C[C@H]1CCOC1=O. The maximum Gasteiger partial charge on any atom is 0.308 e. The Kier molecular flexibility index (Phi) is 1.01. The average Bonchev–Trinajstić information content (AvgIpc) is 1.91. The monoisotopic (exact) mass is 100 g/mol. The van der Waals surface area contributed by atoms with Crippen molar-refractivity contribution < 1.29 is 9.53 Å². The van der Waals surface area contributed by atoms with Crippen LogP contribution in [0.15, 0.2) is 0 Å². The van der Waals surface area contributed by atoms with E-state index in [9.17, 15) is 4.79 Å². The van der Waals surface area contributed by atoms with Crippen molar-refractivity contribution in [1.82, 2.24) is 0 Å². The third-order valence-electron chi connectivity index (χ3n) is 1.20. The van der Waals surface area contributed by atoms with Gasteiger partial charge in [0.25, 0.3) is 0 Å². The quantitative estimate of drug-likeness (QED) is 0.416. The highest BCUT2D eigenvalue weighted by molar-refractivity contribution is 5.73. The Bertz CT molecular complexity index is 88.1. The van der Waals surface area contributed by atoms with E-state index in [0.29, 0.717) is 6.61 Å². The highest BCUT2D eigenvalue weighted by Gasteiger charge is 2.20. The van der Waals surface area contributed by atoms with Crippen LogP contribution in [0, 0.1) is 5.92 Å². The van der Waals surface area contributed by atoms with Crippen molar-refractivity contribution in [1.29, 1.82) is 0 Å². The van der Waals surface area contributed by atoms with Crippen molar-refractivity contribution in [3.8, 4) is 0 Å². The van der Waals surface area contributed by atoms with Gasteiger partial charge in [0.1, 0.15) is 0 Å². The van der Waals surface area contributed by atoms with Crippen molar-refractivity contribution in [3.05, 3.63) is 0 Å². The standard InChI is InChI=1S/C5H8O2/c1-4-2-3-7-5(4)6/h4H,2-3H2,1H3/t4-/m0/s1. The fourth-order valence-electron chi connectivity index (χ4n) is 0.596. The third-order valence-corrected chi connectivity index (χ3v) is 1.20. The Morgan fingerprint density at radius 1 is 1.86 bits per heavy atom. The maximum atomic E-state index is 10.4. The Balaban J connectivity index is 2.48. The summed E-state index contributed by atoms with van der Waals surface area (Å²) >= 11 is 0. The van der Waals surface area contributed by atoms with Gasteiger partial charge in [-0.2, -0.15) is 0 Å². The molecule has 0 radical (unpaired) electrons. The van der Waals surface area contributed by atoms with Crippen LogP contribution >= 0.6 is 0 Å². The molecule has 40 valence electrons. The molecule has 1 fully saturated rings. The number of ether oxygens (including phenoxy) is 1. The molecule has 1 aliphatic rings. The number of rotatable bonds is 0. The largest absolute Gasteiger partial charge is 0.465 e. The summed E-state index contributed by atoms with van der Waals surface area (Å²) in [5.41, 5.74) is 0. The molecule has 7 heavy (non-hydrogen) atoms. The zero-order valence-corrected chi connectivity index (χ0v) is 4.31. The predicted molar refractivity (Wildman–Crippen MR) is 24.7 cm³/mol. The van der Waals surface area contributed by atoms with E-state index in [1.54, 1.807) is 0 Å². The normalized spacial score (nSPS) is 30.4. The third kappa shape index (κ3) is 0.734. The number of hydrogen-bond acceptors (Lipinski definition) is 2. The summed E-state index contributed by atoms with van der Waals surface area (Å²) in [5.74, 6) is 0.111. The molecule has 1 rings (SSSR count). The first-order valence-electron chi connectivity index (χ1n) is 2.47. The number of hydrogen-bond donors (Lipinski definition) is 0. The first-order chi connectivity index (χ1) is 3.30. The summed E-state index contributed by atoms with van der Waals surface area (Å²) in [6.45, 7) is 2.51. The van der Waals surface area contributed by atoms with E-state index in [1.165, 1.54) is 0 Å². The first-order valence-corrected chi connectivity index (χ1v) is 2.47. The van der Waals surface area contributed by atoms with Gasteiger partial charge in [0, 0.05) is 0 Å². The minimum absolute atomic E-state index is 0.0417. The van der Waals surface area contributed by atoms with E-state index in [2.05, 4.69) is 4.74 Å². The summed E-state index contributed by atoms with van der Waals surface area (Å²) in [6.07, 6.45) is 0.902. The lowest BCUT2D eigenvalue weighted by Crippen LogP contribution is -2.00. The van der Waals surface area contributed by atoms with Gasteiger partial charge in [0.05, 0.1) is 12.5 Å². The van der Waals surface area contributed by atoms with Crippen LogP contribution in [0.5, 0.6) is 0 Å². The average molecular weight is 100 g/mol. The number of esters is 1. The smallest absolute Gasteiger partial charge is 0.308 e. The molecule has 0 N–H and O–H groups in total. The van der Waals surface area contributed by atoms with Crippen LogP contribution in [-0.4, -0.2) is 12.6 Å². The maximum absolute atomic E-state index is 10.4. The molecule has 0 spiro atoms. The second kappa shape index (κ2) is 1.52. The topological polar surface area (TPSA) is 26.3 Å². The van der Waals surface area contributed by atoms with Crippen molar-refractivity contribution in [2.45, 2.75) is 13.3 Å². The van der Waals surface area contributed by atoms with Gasteiger partial charge in [-0.3, -0.25) is 4.79 Å². The number of carbonyl (C=O) groups is 1. The van der Waals surface area contributed by atoms with Gasteiger partial charge in [-0.1, -0.05) is 6.92 Å². The fraction of sp³-hybridized carbons (Fsp3) is 0.800. The summed E-state index contributed by atoms with van der Waals surface area (Å²) in [7, 11) is 0. The lowest BCUT2D eigenvalue weighted by molar-refractivity contribution is -0.140. The predicted octanol–water partition coefficient (Wildman–Crippen LogP) is 0.569. The highest BCUT2D eigenvalue weighted by atomic mass is 16.5. The van der Waals surface area contributed by atoms with Crippen LogP contribution in [0.1, 0.15) is 13.3 Å². The van der Waals surface area contributed by atoms with E-state index in [-0.39, 0.29) is 11.9 Å². The van der Waals surface area contributed by atoms with Crippen LogP contribution in [0.25, 0.3) is 0 Å². The van der Waals surface area contributed by atoms with Gasteiger partial charge in [0.2, 0.25) is 0 Å². The molecule has 0 aromatic rings. The molecule has 1 heterocycles. The van der Waals surface area contributed by atoms with Gasteiger partial charge in [-0.15, -0.1) is 0 Å². The zero-order valence-electron chi connectivity index (χ0n) is 4.31. The van der Waals surface area contributed by atoms with E-state index in [1.807, 2.05) is 6.92 Å². The Morgan fingerprint density at radius 3 is 2.71 bits per heavy atom. The van der Waals surface area contributed by atoms with Crippen molar-refractivity contribution in [2.24, 2.45) is 5.92 Å². The Hall–Kier alpha value is -0.530. The Labute approximate surface area is 42.5 Å². The van der Waals surface area contributed by atoms with Gasteiger partial charge < -0.3 is 4.74 Å². The molecule has 1 saturated heterocycles. The Morgan fingerprint density at radius 2 is 2.57 bits per heavy atom. The molecule has 1 atom stereocenters. The molecular formula is C5H8O2. The molecule has 0 aromatic heterocycles. The van der Waals surface area contributed by atoms with Crippen molar-refractivity contribution in [3.63, 3.8) is 0 Å². The molecule has 0 aliphatic carbocycles. The zero-order chi connectivity index (χ0) is 5.28. The van der Waals surface area contributed by atoms with Crippen molar-refractivity contribution >= 4 is 5.97 Å². The van der Waals surface area contributed by atoms with E-state index in [4.69, 9.17) is 0 Å². The van der Waals surface area contributed by atoms with Crippen LogP contribution in [0.4, 0.5) is 0 Å². The van der Waals surface area contributed by atoms with Crippen LogP contribution in [0.3, 0.4) is 0 Å². The van der Waals surface area contributed by atoms with E-state index in [0.717, 1.165) is 6.42 Å². The molecule has 0 bridgehead atoms. The molecule has 0 amide bonds. The molecule has 0 saturated carbocycles. The van der Waals surface area contributed by atoms with Crippen molar-refractivity contribution in [2.75, 3.05) is 6.61 Å². The second-order valence-corrected chi connectivity index (χ2v) is 1.86. The molecule has 2 nitrogen and oxygen atoms in total. The van der Waals surface area contributed by atoms with Gasteiger partial charge in [-0.25, -0.2) is 0 Å². The van der Waals surface area contributed by atoms with Crippen LogP contribution < -0.4 is 0 Å². The summed E-state index contributed by atoms with van der Waals surface area (Å²) in [4.78, 5) is 10.4. The summed E-state index contributed by atoms with van der Waals surface area (Å²) in [5, 5.41) is 0. The van der Waals surface area contributed by atoms with Gasteiger partial charge >= 0.3 is 5.97 Å².